The fourth-order valence-corrected chi connectivity index (χ4v) is 4.66. The van der Waals surface area contributed by atoms with E-state index >= 15 is 0 Å². The third-order valence-corrected chi connectivity index (χ3v) is 6.61. The number of halogens is 2. The van der Waals surface area contributed by atoms with Gasteiger partial charge in [-0.1, -0.05) is 23.2 Å². The number of rotatable bonds is 7. The SMILES string of the molecule is Cc1c(C(=O)Cc2cnc(N3CCC(CCO)CC3)c(Cl)c2)cnn1-c1ccc(Cl)cc1. The highest BCUT2D eigenvalue weighted by Crippen LogP contribution is 2.29. The van der Waals surface area contributed by atoms with Crippen molar-refractivity contribution in [2.75, 3.05) is 24.6 Å². The van der Waals surface area contributed by atoms with Crippen LogP contribution in [0.25, 0.3) is 5.69 Å². The van der Waals surface area contributed by atoms with Gasteiger partial charge < -0.3 is 10.0 Å². The highest BCUT2D eigenvalue weighted by atomic mass is 35.5. The Balaban J connectivity index is 1.44. The minimum atomic E-state index is -0.0295. The molecule has 32 heavy (non-hydrogen) atoms. The zero-order valence-corrected chi connectivity index (χ0v) is 19.5. The zero-order valence-electron chi connectivity index (χ0n) is 18.0. The molecule has 0 amide bonds. The summed E-state index contributed by atoms with van der Waals surface area (Å²) in [6, 6.07) is 9.16. The maximum absolute atomic E-state index is 13.0. The molecule has 1 fully saturated rings. The number of benzene rings is 1. The maximum Gasteiger partial charge on any atom is 0.170 e. The fraction of sp³-hybridized carbons (Fsp3) is 0.375. The molecule has 1 aliphatic rings. The van der Waals surface area contributed by atoms with Crippen LogP contribution >= 0.6 is 23.2 Å². The van der Waals surface area contributed by atoms with Crippen LogP contribution in [0.15, 0.2) is 42.7 Å². The van der Waals surface area contributed by atoms with E-state index < -0.39 is 0 Å². The topological polar surface area (TPSA) is 71.2 Å². The number of piperidine rings is 1. The van der Waals surface area contributed by atoms with Crippen LogP contribution < -0.4 is 4.90 Å². The van der Waals surface area contributed by atoms with E-state index in [1.54, 1.807) is 29.2 Å². The number of anilines is 1. The predicted molar refractivity (Wildman–Crippen MR) is 127 cm³/mol. The standard InChI is InChI=1S/C24H26Cl2N4O2/c1-16-21(15-28-30(16)20-4-2-19(25)3-5-20)23(32)13-18-12-22(26)24(27-14-18)29-9-6-17(7-10-29)8-11-31/h2-5,12,14-15,17,31H,6-11,13H2,1H3. The lowest BCUT2D eigenvalue weighted by Crippen LogP contribution is -2.34. The van der Waals surface area contributed by atoms with Gasteiger partial charge in [0.05, 0.1) is 28.2 Å². The van der Waals surface area contributed by atoms with Crippen molar-refractivity contribution in [3.05, 3.63) is 69.6 Å². The number of ketones is 1. The average molecular weight is 473 g/mol. The Hall–Kier alpha value is -2.41. The normalized spacial score (nSPS) is 14.7. The smallest absolute Gasteiger partial charge is 0.170 e. The zero-order chi connectivity index (χ0) is 22.7. The monoisotopic (exact) mass is 472 g/mol. The highest BCUT2D eigenvalue weighted by Gasteiger charge is 2.22. The molecule has 1 saturated heterocycles. The summed E-state index contributed by atoms with van der Waals surface area (Å²) in [5.41, 5.74) is 2.98. The summed E-state index contributed by atoms with van der Waals surface area (Å²) in [4.78, 5) is 19.7. The van der Waals surface area contributed by atoms with E-state index in [0.29, 0.717) is 21.5 Å². The molecule has 0 unspecified atom stereocenters. The lowest BCUT2D eigenvalue weighted by molar-refractivity contribution is 0.0992. The Morgan fingerprint density at radius 3 is 2.53 bits per heavy atom. The first-order valence-electron chi connectivity index (χ1n) is 10.8. The summed E-state index contributed by atoms with van der Waals surface area (Å²) in [5.74, 6) is 1.29. The molecule has 6 nitrogen and oxygen atoms in total. The summed E-state index contributed by atoms with van der Waals surface area (Å²) in [7, 11) is 0. The van der Waals surface area contributed by atoms with Gasteiger partial charge in [-0.3, -0.25) is 4.79 Å². The van der Waals surface area contributed by atoms with Crippen LogP contribution in [0, 0.1) is 12.8 Å². The van der Waals surface area contributed by atoms with Gasteiger partial charge in [-0.05, 0) is 68.0 Å². The number of pyridine rings is 1. The molecule has 0 aliphatic carbocycles. The third kappa shape index (κ3) is 4.98. The van der Waals surface area contributed by atoms with Gasteiger partial charge in [-0.15, -0.1) is 0 Å². The number of hydrogen-bond acceptors (Lipinski definition) is 5. The molecular weight excluding hydrogens is 447 g/mol. The second-order valence-corrected chi connectivity index (χ2v) is 9.07. The molecule has 0 bridgehead atoms. The Labute approximate surface area is 197 Å². The van der Waals surface area contributed by atoms with E-state index in [-0.39, 0.29) is 18.8 Å². The lowest BCUT2D eigenvalue weighted by Gasteiger charge is -2.33. The second-order valence-electron chi connectivity index (χ2n) is 8.22. The molecule has 0 saturated carbocycles. The lowest BCUT2D eigenvalue weighted by atomic mass is 9.94. The van der Waals surface area contributed by atoms with Crippen molar-refractivity contribution in [1.82, 2.24) is 14.8 Å². The van der Waals surface area contributed by atoms with Crippen LogP contribution in [-0.4, -0.2) is 45.4 Å². The van der Waals surface area contributed by atoms with Gasteiger partial charge >= 0.3 is 0 Å². The molecule has 8 heteroatoms. The van der Waals surface area contributed by atoms with Crippen molar-refractivity contribution in [1.29, 1.82) is 0 Å². The van der Waals surface area contributed by atoms with E-state index in [2.05, 4.69) is 15.0 Å². The van der Waals surface area contributed by atoms with Crippen LogP contribution in [-0.2, 0) is 6.42 Å². The molecule has 1 N–H and O–H groups in total. The molecule has 168 valence electrons. The van der Waals surface area contributed by atoms with Crippen LogP contribution in [0.2, 0.25) is 10.0 Å². The van der Waals surface area contributed by atoms with E-state index in [4.69, 9.17) is 28.3 Å². The number of aromatic nitrogens is 3. The maximum atomic E-state index is 13.0. The Morgan fingerprint density at radius 1 is 1.16 bits per heavy atom. The molecule has 2 aromatic heterocycles. The first-order valence-corrected chi connectivity index (χ1v) is 11.6. The van der Waals surface area contributed by atoms with Crippen molar-refractivity contribution in [2.45, 2.75) is 32.6 Å². The molecule has 1 aliphatic heterocycles. The van der Waals surface area contributed by atoms with Gasteiger partial charge in [0.2, 0.25) is 0 Å². The molecule has 4 rings (SSSR count). The summed E-state index contributed by atoms with van der Waals surface area (Å²) in [6.45, 7) is 3.87. The number of Topliss-reactive ketones (excluding diaryl/α,β-unsaturated/α-hetero) is 1. The Kier molecular flexibility index (Phi) is 7.13. The van der Waals surface area contributed by atoms with E-state index in [1.165, 1.54) is 0 Å². The van der Waals surface area contributed by atoms with Gasteiger partial charge in [0.15, 0.2) is 5.78 Å². The molecule has 3 heterocycles. The van der Waals surface area contributed by atoms with Gasteiger partial charge in [0, 0.05) is 37.3 Å². The second kappa shape index (κ2) is 10.0. The molecule has 3 aromatic rings. The predicted octanol–water partition coefficient (Wildman–Crippen LogP) is 4.91. The van der Waals surface area contributed by atoms with E-state index in [1.807, 2.05) is 25.1 Å². The van der Waals surface area contributed by atoms with Crippen molar-refractivity contribution in [2.24, 2.45) is 5.92 Å². The molecule has 0 spiro atoms. The highest BCUT2D eigenvalue weighted by molar-refractivity contribution is 6.33. The number of carbonyl (C=O) groups excluding carboxylic acids is 1. The van der Waals surface area contributed by atoms with Crippen LogP contribution in [0.4, 0.5) is 5.82 Å². The summed E-state index contributed by atoms with van der Waals surface area (Å²) in [5, 5.41) is 14.7. The Morgan fingerprint density at radius 2 is 1.88 bits per heavy atom. The average Bonchev–Trinajstić information content (AvgIpc) is 3.17. The summed E-state index contributed by atoms with van der Waals surface area (Å²) < 4.78 is 1.73. The van der Waals surface area contributed by atoms with Crippen molar-refractivity contribution in [3.63, 3.8) is 0 Å². The van der Waals surface area contributed by atoms with Crippen LogP contribution in [0.5, 0.6) is 0 Å². The molecular formula is C24H26Cl2N4O2. The summed E-state index contributed by atoms with van der Waals surface area (Å²) >= 11 is 12.5. The number of aliphatic hydroxyl groups is 1. The molecule has 1 aromatic carbocycles. The van der Waals surface area contributed by atoms with Crippen molar-refractivity contribution < 1.29 is 9.90 Å². The fourth-order valence-electron chi connectivity index (χ4n) is 4.22. The minimum Gasteiger partial charge on any atom is -0.396 e. The van der Waals surface area contributed by atoms with Gasteiger partial charge in [0.25, 0.3) is 0 Å². The third-order valence-electron chi connectivity index (χ3n) is 6.08. The van der Waals surface area contributed by atoms with Crippen molar-refractivity contribution >= 4 is 34.8 Å². The Bertz CT molecular complexity index is 1090. The quantitative estimate of drug-likeness (QED) is 0.494. The van der Waals surface area contributed by atoms with Crippen molar-refractivity contribution in [3.8, 4) is 5.69 Å². The number of carbonyl (C=O) groups is 1. The number of aliphatic hydroxyl groups excluding tert-OH is 1. The van der Waals surface area contributed by atoms with Gasteiger partial charge in [0.1, 0.15) is 5.82 Å². The van der Waals surface area contributed by atoms with Crippen LogP contribution in [0.1, 0.15) is 40.9 Å². The first-order chi connectivity index (χ1) is 15.5. The van der Waals surface area contributed by atoms with Gasteiger partial charge in [-0.2, -0.15) is 5.10 Å². The number of hydrogen-bond donors (Lipinski definition) is 1. The number of nitrogens with zero attached hydrogens (tertiary/aromatic N) is 4. The van der Waals surface area contributed by atoms with E-state index in [0.717, 1.165) is 55.1 Å². The van der Waals surface area contributed by atoms with Crippen LogP contribution in [0.3, 0.4) is 0 Å². The largest absolute Gasteiger partial charge is 0.396 e. The molecule has 0 radical (unpaired) electrons. The van der Waals surface area contributed by atoms with Gasteiger partial charge in [-0.25, -0.2) is 9.67 Å². The van der Waals surface area contributed by atoms with E-state index in [9.17, 15) is 4.79 Å². The molecule has 0 atom stereocenters. The minimum absolute atomic E-state index is 0.0295. The first kappa shape index (κ1) is 22.8. The summed E-state index contributed by atoms with van der Waals surface area (Å²) in [6.07, 6.45) is 6.44.